The maximum atomic E-state index is 12.5. The summed E-state index contributed by atoms with van der Waals surface area (Å²) >= 11 is 0. The third-order valence-corrected chi connectivity index (χ3v) is 4.00. The first-order chi connectivity index (χ1) is 12.2. The van der Waals surface area contributed by atoms with Crippen LogP contribution in [-0.4, -0.2) is 62.3 Å². The first-order valence-electron chi connectivity index (χ1n) is 8.68. The Hall–Kier alpha value is -2.28. The fourth-order valence-corrected chi connectivity index (χ4v) is 2.77. The van der Waals surface area contributed by atoms with Crippen molar-refractivity contribution in [3.63, 3.8) is 0 Å². The lowest BCUT2D eigenvalue weighted by Crippen LogP contribution is -2.50. The summed E-state index contributed by atoms with van der Waals surface area (Å²) in [6, 6.07) is 8.67. The zero-order chi connectivity index (χ0) is 18.1. The highest BCUT2D eigenvalue weighted by Crippen LogP contribution is 2.23. The van der Waals surface area contributed by atoms with Gasteiger partial charge in [-0.05, 0) is 18.6 Å². The number of urea groups is 1. The monoisotopic (exact) mass is 349 g/mol. The van der Waals surface area contributed by atoms with E-state index in [0.29, 0.717) is 32.7 Å². The van der Waals surface area contributed by atoms with E-state index in [9.17, 15) is 9.59 Å². The quantitative estimate of drug-likeness (QED) is 0.695. The molecule has 2 rings (SSSR count). The molecule has 1 aliphatic rings. The number of rotatable bonds is 8. The molecular formula is C18H27N3O4. The van der Waals surface area contributed by atoms with Gasteiger partial charge in [0.25, 0.3) is 0 Å². The number of para-hydroxylation sites is 1. The number of hydrogen-bond donors (Lipinski definition) is 2. The van der Waals surface area contributed by atoms with Crippen LogP contribution in [0.3, 0.4) is 0 Å². The van der Waals surface area contributed by atoms with Gasteiger partial charge in [-0.15, -0.1) is 0 Å². The van der Waals surface area contributed by atoms with Crippen molar-refractivity contribution in [3.8, 4) is 5.75 Å². The van der Waals surface area contributed by atoms with Crippen molar-refractivity contribution in [2.45, 2.75) is 31.9 Å². The average molecular weight is 349 g/mol. The van der Waals surface area contributed by atoms with E-state index < -0.39 is 6.04 Å². The van der Waals surface area contributed by atoms with Crippen LogP contribution >= 0.6 is 0 Å². The highest BCUT2D eigenvalue weighted by atomic mass is 16.5. The lowest BCUT2D eigenvalue weighted by Gasteiger charge is -2.23. The van der Waals surface area contributed by atoms with E-state index in [1.807, 2.05) is 37.3 Å². The second-order valence-corrected chi connectivity index (χ2v) is 5.97. The van der Waals surface area contributed by atoms with E-state index in [1.54, 1.807) is 12.0 Å². The summed E-state index contributed by atoms with van der Waals surface area (Å²) in [6.45, 7) is 3.80. The van der Waals surface area contributed by atoms with Gasteiger partial charge in [0.2, 0.25) is 5.91 Å². The van der Waals surface area contributed by atoms with E-state index in [4.69, 9.17) is 9.47 Å². The largest absolute Gasteiger partial charge is 0.488 e. The maximum Gasteiger partial charge on any atom is 0.318 e. The third-order valence-electron chi connectivity index (χ3n) is 4.00. The summed E-state index contributed by atoms with van der Waals surface area (Å²) in [5, 5.41) is 5.65. The zero-order valence-electron chi connectivity index (χ0n) is 14.9. The summed E-state index contributed by atoms with van der Waals surface area (Å²) in [6.07, 6.45) is 1.09. The molecule has 25 heavy (non-hydrogen) atoms. The Balaban J connectivity index is 2.01. The number of ether oxygens (including phenoxy) is 2. The molecule has 0 radical (unpaired) electrons. The second-order valence-electron chi connectivity index (χ2n) is 5.97. The molecule has 0 unspecified atom stereocenters. The predicted molar refractivity (Wildman–Crippen MR) is 94.5 cm³/mol. The first kappa shape index (κ1) is 19.1. The van der Waals surface area contributed by atoms with E-state index in [0.717, 1.165) is 12.2 Å². The van der Waals surface area contributed by atoms with Gasteiger partial charge in [-0.2, -0.15) is 0 Å². The molecule has 0 aromatic heterocycles. The molecule has 2 atom stereocenters. The van der Waals surface area contributed by atoms with E-state index in [-0.39, 0.29) is 18.0 Å². The molecule has 0 aliphatic carbocycles. The van der Waals surface area contributed by atoms with Crippen molar-refractivity contribution >= 4 is 11.9 Å². The lowest BCUT2D eigenvalue weighted by atomic mass is 10.2. The summed E-state index contributed by atoms with van der Waals surface area (Å²) in [4.78, 5) is 26.4. The van der Waals surface area contributed by atoms with Crippen LogP contribution in [0.2, 0.25) is 0 Å². The van der Waals surface area contributed by atoms with Crippen LogP contribution in [0.5, 0.6) is 5.75 Å². The van der Waals surface area contributed by atoms with Crippen molar-refractivity contribution in [2.75, 3.05) is 33.4 Å². The highest BCUT2D eigenvalue weighted by Gasteiger charge is 2.40. The van der Waals surface area contributed by atoms with Crippen molar-refractivity contribution in [2.24, 2.45) is 0 Å². The first-order valence-corrected chi connectivity index (χ1v) is 8.68. The molecule has 7 heteroatoms. The minimum atomic E-state index is -0.539. The lowest BCUT2D eigenvalue weighted by molar-refractivity contribution is -0.124. The van der Waals surface area contributed by atoms with Gasteiger partial charge in [0.05, 0.1) is 13.2 Å². The van der Waals surface area contributed by atoms with Crippen molar-refractivity contribution in [3.05, 3.63) is 30.3 Å². The molecule has 3 amide bonds. The minimum absolute atomic E-state index is 0.178. The van der Waals surface area contributed by atoms with E-state index in [2.05, 4.69) is 10.6 Å². The van der Waals surface area contributed by atoms with Crippen molar-refractivity contribution in [1.82, 2.24) is 15.5 Å². The highest BCUT2D eigenvalue weighted by molar-refractivity contribution is 5.87. The summed E-state index contributed by atoms with van der Waals surface area (Å²) < 4.78 is 10.9. The van der Waals surface area contributed by atoms with Crippen LogP contribution in [0.4, 0.5) is 4.79 Å². The van der Waals surface area contributed by atoms with Gasteiger partial charge in [-0.1, -0.05) is 25.1 Å². The maximum absolute atomic E-state index is 12.5. The minimum Gasteiger partial charge on any atom is -0.488 e. The summed E-state index contributed by atoms with van der Waals surface area (Å²) in [5.74, 6) is 0.560. The molecule has 1 fully saturated rings. The average Bonchev–Trinajstić information content (AvgIpc) is 3.04. The topological polar surface area (TPSA) is 79.9 Å². The predicted octanol–water partition coefficient (Wildman–Crippen LogP) is 1.39. The number of amides is 3. The van der Waals surface area contributed by atoms with Crippen molar-refractivity contribution < 1.29 is 19.1 Å². The Morgan fingerprint density at radius 3 is 2.64 bits per heavy atom. The molecule has 1 heterocycles. The molecule has 0 bridgehead atoms. The second kappa shape index (κ2) is 9.88. The van der Waals surface area contributed by atoms with E-state index >= 15 is 0 Å². The Bertz CT molecular complexity index is 553. The van der Waals surface area contributed by atoms with Gasteiger partial charge in [-0.25, -0.2) is 4.79 Å². The summed E-state index contributed by atoms with van der Waals surface area (Å²) in [5.41, 5.74) is 0. The smallest absolute Gasteiger partial charge is 0.318 e. The van der Waals surface area contributed by atoms with Gasteiger partial charge in [0.15, 0.2) is 0 Å². The number of nitrogens with zero attached hydrogens (tertiary/aromatic N) is 1. The fourth-order valence-electron chi connectivity index (χ4n) is 2.77. The normalized spacial score (nSPS) is 19.5. The summed E-state index contributed by atoms with van der Waals surface area (Å²) in [7, 11) is 1.58. The van der Waals surface area contributed by atoms with Gasteiger partial charge in [0, 0.05) is 26.6 Å². The number of carbonyl (C=O) groups is 2. The molecule has 1 aromatic rings. The number of likely N-dealkylation sites (tertiary alicyclic amines) is 1. The van der Waals surface area contributed by atoms with Crippen molar-refractivity contribution in [1.29, 1.82) is 0 Å². The fraction of sp³-hybridized carbons (Fsp3) is 0.556. The number of methoxy groups -OCH3 is 1. The molecule has 7 nitrogen and oxygen atoms in total. The Kier molecular flexibility index (Phi) is 7.53. The van der Waals surface area contributed by atoms with Crippen LogP contribution in [0.25, 0.3) is 0 Å². The van der Waals surface area contributed by atoms with Crippen LogP contribution < -0.4 is 15.4 Å². The number of carbonyl (C=O) groups excluding carboxylic acids is 2. The van der Waals surface area contributed by atoms with Crippen LogP contribution in [0.15, 0.2) is 30.3 Å². The number of nitrogens with one attached hydrogen (secondary N) is 2. The molecule has 0 spiro atoms. The standard InChI is InChI=1S/C18H27N3O4/c1-3-9-20-18(23)21-13-15(25-14-7-5-4-6-8-14)12-16(21)17(22)19-10-11-24-2/h4-8,15-16H,3,9-13H2,1-2H3,(H,19,22)(H,20,23)/t15-,16+/m0/s1. The molecule has 2 N–H and O–H groups in total. The van der Waals surface area contributed by atoms with Gasteiger partial charge >= 0.3 is 6.03 Å². The van der Waals surface area contributed by atoms with Crippen LogP contribution in [-0.2, 0) is 9.53 Å². The number of hydrogen-bond acceptors (Lipinski definition) is 4. The molecule has 1 saturated heterocycles. The molecule has 1 aromatic carbocycles. The molecule has 138 valence electrons. The van der Waals surface area contributed by atoms with Crippen LogP contribution in [0.1, 0.15) is 19.8 Å². The van der Waals surface area contributed by atoms with Gasteiger partial charge in [0.1, 0.15) is 17.9 Å². The molecular weight excluding hydrogens is 322 g/mol. The number of benzene rings is 1. The SMILES string of the molecule is CCCNC(=O)N1C[C@@H](Oc2ccccc2)C[C@@H]1C(=O)NCCOC. The van der Waals surface area contributed by atoms with Gasteiger partial charge in [-0.3, -0.25) is 4.79 Å². The molecule has 1 aliphatic heterocycles. The van der Waals surface area contributed by atoms with Crippen LogP contribution in [0, 0.1) is 0 Å². The van der Waals surface area contributed by atoms with Gasteiger partial charge < -0.3 is 25.0 Å². The molecule has 0 saturated carbocycles. The zero-order valence-corrected chi connectivity index (χ0v) is 14.9. The third kappa shape index (κ3) is 5.63. The van der Waals surface area contributed by atoms with E-state index in [1.165, 1.54) is 0 Å². The Morgan fingerprint density at radius 1 is 1.20 bits per heavy atom. The Labute approximate surface area is 148 Å². The Morgan fingerprint density at radius 2 is 1.96 bits per heavy atom.